The molecule has 1 aromatic heterocycles. The third-order valence-corrected chi connectivity index (χ3v) is 4.24. The number of hydrogen-bond acceptors (Lipinski definition) is 2. The summed E-state index contributed by atoms with van der Waals surface area (Å²) in [6, 6.07) is 0.817. The van der Waals surface area contributed by atoms with Crippen LogP contribution in [-0.4, -0.2) is 27.3 Å². The van der Waals surface area contributed by atoms with Crippen LogP contribution in [0.5, 0.6) is 0 Å². The monoisotopic (exact) mass is 285 g/mol. The predicted octanol–water partition coefficient (Wildman–Crippen LogP) is 2.73. The van der Waals surface area contributed by atoms with Gasteiger partial charge >= 0.3 is 0 Å². The lowest BCUT2D eigenvalue weighted by molar-refractivity contribution is 0.261. The molecule has 2 rings (SSSR count). The third kappa shape index (κ3) is 2.33. The zero-order chi connectivity index (χ0) is 11.7. The predicted molar refractivity (Wildman–Crippen MR) is 69.4 cm³/mol. The van der Waals surface area contributed by atoms with Crippen LogP contribution in [0.2, 0.25) is 0 Å². The van der Waals surface area contributed by atoms with E-state index in [4.69, 9.17) is 0 Å². The number of rotatable bonds is 5. The molecule has 3 nitrogen and oxygen atoms in total. The van der Waals surface area contributed by atoms with Gasteiger partial charge in [-0.05, 0) is 41.7 Å². The second-order valence-corrected chi connectivity index (χ2v) is 5.27. The summed E-state index contributed by atoms with van der Waals surface area (Å²) in [5, 5.41) is 4.54. The number of aromatic nitrogens is 2. The molecule has 1 fully saturated rings. The molecule has 1 aliphatic carbocycles. The first-order chi connectivity index (χ1) is 7.67. The smallest absolute Gasteiger partial charge is 0.0767 e. The zero-order valence-electron chi connectivity index (χ0n) is 10.3. The molecular formula is C12H20BrN3. The van der Waals surface area contributed by atoms with Crippen molar-refractivity contribution < 1.29 is 0 Å². The first kappa shape index (κ1) is 12.1. The maximum Gasteiger partial charge on any atom is 0.0767 e. The summed E-state index contributed by atoms with van der Waals surface area (Å²) in [5.41, 5.74) is 2.48. The van der Waals surface area contributed by atoms with Crippen LogP contribution in [0.15, 0.2) is 4.47 Å². The Morgan fingerprint density at radius 1 is 1.44 bits per heavy atom. The highest BCUT2D eigenvalue weighted by Crippen LogP contribution is 2.30. The van der Waals surface area contributed by atoms with Gasteiger partial charge in [0.1, 0.15) is 0 Å². The van der Waals surface area contributed by atoms with E-state index < -0.39 is 0 Å². The van der Waals surface area contributed by atoms with Crippen molar-refractivity contribution in [1.29, 1.82) is 0 Å². The van der Waals surface area contributed by atoms with Crippen molar-refractivity contribution in [3.05, 3.63) is 15.9 Å². The van der Waals surface area contributed by atoms with E-state index >= 15 is 0 Å². The highest BCUT2D eigenvalue weighted by Gasteiger charge is 2.29. The number of hydrogen-bond donors (Lipinski definition) is 0. The van der Waals surface area contributed by atoms with Gasteiger partial charge in [0.05, 0.1) is 15.9 Å². The van der Waals surface area contributed by atoms with Gasteiger partial charge in [-0.3, -0.25) is 9.58 Å². The molecule has 16 heavy (non-hydrogen) atoms. The summed E-state index contributed by atoms with van der Waals surface area (Å²) >= 11 is 3.68. The van der Waals surface area contributed by atoms with Gasteiger partial charge < -0.3 is 0 Å². The summed E-state index contributed by atoms with van der Waals surface area (Å²) < 4.78 is 3.23. The Balaban J connectivity index is 2.16. The average molecular weight is 286 g/mol. The summed E-state index contributed by atoms with van der Waals surface area (Å²) in [4.78, 5) is 2.54. The molecule has 0 aromatic carbocycles. The molecule has 1 heterocycles. The minimum absolute atomic E-state index is 0.817. The van der Waals surface area contributed by atoms with Crippen LogP contribution in [0.3, 0.4) is 0 Å². The number of nitrogens with zero attached hydrogens (tertiary/aromatic N) is 3. The maximum atomic E-state index is 4.54. The van der Waals surface area contributed by atoms with E-state index in [1.54, 1.807) is 0 Å². The van der Waals surface area contributed by atoms with Gasteiger partial charge in [0.15, 0.2) is 0 Å². The Bertz CT molecular complexity index is 369. The molecule has 0 aliphatic heterocycles. The molecule has 90 valence electrons. The third-order valence-electron chi connectivity index (χ3n) is 3.33. The number of halogens is 1. The Kier molecular flexibility index (Phi) is 3.70. The van der Waals surface area contributed by atoms with Crippen LogP contribution in [0.4, 0.5) is 0 Å². The molecule has 0 unspecified atom stereocenters. The molecular weight excluding hydrogens is 266 g/mol. The quantitative estimate of drug-likeness (QED) is 0.830. The molecule has 0 amide bonds. The normalized spacial score (nSPS) is 16.1. The van der Waals surface area contributed by atoms with Crippen molar-refractivity contribution >= 4 is 15.9 Å². The van der Waals surface area contributed by atoms with Crippen LogP contribution in [0, 0.1) is 0 Å². The van der Waals surface area contributed by atoms with Gasteiger partial charge in [-0.2, -0.15) is 5.10 Å². The van der Waals surface area contributed by atoms with E-state index in [9.17, 15) is 0 Å². The molecule has 0 N–H and O–H groups in total. The first-order valence-corrected chi connectivity index (χ1v) is 6.90. The summed E-state index contributed by atoms with van der Waals surface area (Å²) in [5.74, 6) is 0. The SMILES string of the molecule is CCc1nn(C)c(CN(CC)C2CC2)c1Br. The lowest BCUT2D eigenvalue weighted by Crippen LogP contribution is -2.26. The lowest BCUT2D eigenvalue weighted by atomic mass is 10.3. The van der Waals surface area contributed by atoms with E-state index in [0.717, 1.165) is 25.6 Å². The fourth-order valence-electron chi connectivity index (χ4n) is 2.12. The summed E-state index contributed by atoms with van der Waals surface area (Å²) in [6.45, 7) is 6.54. The van der Waals surface area contributed by atoms with E-state index in [1.807, 2.05) is 11.7 Å². The van der Waals surface area contributed by atoms with Crippen LogP contribution >= 0.6 is 15.9 Å². The van der Waals surface area contributed by atoms with Gasteiger partial charge in [0.25, 0.3) is 0 Å². The van der Waals surface area contributed by atoms with Crippen molar-refractivity contribution in [2.24, 2.45) is 7.05 Å². The Morgan fingerprint density at radius 2 is 2.12 bits per heavy atom. The lowest BCUT2D eigenvalue weighted by Gasteiger charge is -2.19. The van der Waals surface area contributed by atoms with E-state index in [2.05, 4.69) is 39.8 Å². The molecule has 0 atom stereocenters. The maximum absolute atomic E-state index is 4.54. The molecule has 1 aliphatic rings. The van der Waals surface area contributed by atoms with Crippen LogP contribution < -0.4 is 0 Å². The fourth-order valence-corrected chi connectivity index (χ4v) is 2.86. The van der Waals surface area contributed by atoms with E-state index in [1.165, 1.54) is 28.7 Å². The minimum atomic E-state index is 0.817. The molecule has 1 saturated carbocycles. The highest BCUT2D eigenvalue weighted by molar-refractivity contribution is 9.10. The number of aryl methyl sites for hydroxylation is 2. The molecule has 0 bridgehead atoms. The van der Waals surface area contributed by atoms with Crippen LogP contribution in [0.25, 0.3) is 0 Å². The van der Waals surface area contributed by atoms with E-state index in [-0.39, 0.29) is 0 Å². The van der Waals surface area contributed by atoms with Crippen molar-refractivity contribution in [3.8, 4) is 0 Å². The van der Waals surface area contributed by atoms with Gasteiger partial charge in [0.2, 0.25) is 0 Å². The minimum Gasteiger partial charge on any atom is -0.295 e. The van der Waals surface area contributed by atoms with Gasteiger partial charge in [-0.25, -0.2) is 0 Å². The van der Waals surface area contributed by atoms with Gasteiger partial charge in [-0.15, -0.1) is 0 Å². The fraction of sp³-hybridized carbons (Fsp3) is 0.750. The molecule has 0 saturated heterocycles. The molecule has 4 heteroatoms. The Morgan fingerprint density at radius 3 is 2.56 bits per heavy atom. The largest absolute Gasteiger partial charge is 0.295 e. The standard InChI is InChI=1S/C12H20BrN3/c1-4-10-12(13)11(15(3)14-10)8-16(5-2)9-6-7-9/h9H,4-8H2,1-3H3. The van der Waals surface area contributed by atoms with Crippen LogP contribution in [0.1, 0.15) is 38.1 Å². The molecule has 0 spiro atoms. The average Bonchev–Trinajstić information content (AvgIpc) is 3.06. The van der Waals surface area contributed by atoms with Crippen molar-refractivity contribution in [3.63, 3.8) is 0 Å². The van der Waals surface area contributed by atoms with Gasteiger partial charge in [0, 0.05) is 19.6 Å². The first-order valence-electron chi connectivity index (χ1n) is 6.11. The zero-order valence-corrected chi connectivity index (χ0v) is 11.9. The van der Waals surface area contributed by atoms with Crippen molar-refractivity contribution in [2.45, 2.75) is 45.7 Å². The summed E-state index contributed by atoms with van der Waals surface area (Å²) in [6.07, 6.45) is 3.72. The molecule has 1 aromatic rings. The van der Waals surface area contributed by atoms with Gasteiger partial charge in [-0.1, -0.05) is 13.8 Å². The highest BCUT2D eigenvalue weighted by atomic mass is 79.9. The topological polar surface area (TPSA) is 21.1 Å². The second kappa shape index (κ2) is 4.88. The van der Waals surface area contributed by atoms with Crippen molar-refractivity contribution in [2.75, 3.05) is 6.54 Å². The van der Waals surface area contributed by atoms with Crippen molar-refractivity contribution in [1.82, 2.24) is 14.7 Å². The Hall–Kier alpha value is -0.350. The Labute approximate surface area is 106 Å². The van der Waals surface area contributed by atoms with E-state index in [0.29, 0.717) is 0 Å². The molecule has 0 radical (unpaired) electrons. The summed E-state index contributed by atoms with van der Waals surface area (Å²) in [7, 11) is 2.04. The van der Waals surface area contributed by atoms with Crippen LogP contribution in [-0.2, 0) is 20.0 Å². The second-order valence-electron chi connectivity index (χ2n) is 4.48.